The summed E-state index contributed by atoms with van der Waals surface area (Å²) in [5, 5.41) is 2.83. The number of H-pyrrole nitrogens is 1. The summed E-state index contributed by atoms with van der Waals surface area (Å²) in [5.41, 5.74) is 1.19. The van der Waals surface area contributed by atoms with Gasteiger partial charge in [0.05, 0.1) is 12.6 Å². The zero-order valence-corrected chi connectivity index (χ0v) is 13.2. The van der Waals surface area contributed by atoms with E-state index in [9.17, 15) is 9.18 Å². The number of aromatic nitrogens is 2. The molecule has 1 fully saturated rings. The Morgan fingerprint density at radius 1 is 1.64 bits per heavy atom. The van der Waals surface area contributed by atoms with Crippen molar-refractivity contribution in [2.45, 2.75) is 32.4 Å². The molecule has 1 aliphatic rings. The van der Waals surface area contributed by atoms with Crippen molar-refractivity contribution in [1.29, 1.82) is 0 Å². The number of thiazole rings is 1. The van der Waals surface area contributed by atoms with Crippen LogP contribution in [0.4, 0.5) is 4.39 Å². The number of nitrogens with one attached hydrogen (secondary N) is 1. The molecule has 5 nitrogen and oxygen atoms in total. The third-order valence-electron chi connectivity index (χ3n) is 3.61. The van der Waals surface area contributed by atoms with E-state index < -0.39 is 5.82 Å². The fourth-order valence-corrected chi connectivity index (χ4v) is 3.34. The zero-order valence-electron chi connectivity index (χ0n) is 12.3. The van der Waals surface area contributed by atoms with E-state index in [-0.39, 0.29) is 17.7 Å². The minimum Gasteiger partial charge on any atom is -0.376 e. The molecule has 2 aromatic heterocycles. The van der Waals surface area contributed by atoms with Crippen molar-refractivity contribution in [3.63, 3.8) is 0 Å². The van der Waals surface area contributed by atoms with Crippen LogP contribution in [0.25, 0.3) is 0 Å². The summed E-state index contributed by atoms with van der Waals surface area (Å²) >= 11 is 1.52. The van der Waals surface area contributed by atoms with Gasteiger partial charge in [-0.2, -0.15) is 0 Å². The molecule has 22 heavy (non-hydrogen) atoms. The summed E-state index contributed by atoms with van der Waals surface area (Å²) in [6.07, 6.45) is 3.19. The molecule has 3 rings (SSSR count). The molecule has 1 aliphatic heterocycles. The number of hydrogen-bond donors (Lipinski definition) is 1. The molecule has 3 heterocycles. The van der Waals surface area contributed by atoms with Gasteiger partial charge in [0, 0.05) is 36.5 Å². The van der Waals surface area contributed by atoms with Crippen LogP contribution in [0, 0.1) is 12.7 Å². The molecule has 1 saturated heterocycles. The molecule has 7 heteroatoms. The predicted molar refractivity (Wildman–Crippen MR) is 81.3 cm³/mol. The summed E-state index contributed by atoms with van der Waals surface area (Å²) in [5.74, 6) is -0.669. The van der Waals surface area contributed by atoms with Gasteiger partial charge in [0.25, 0.3) is 5.91 Å². The average molecular weight is 323 g/mol. The molecule has 118 valence electrons. The Bertz CT molecular complexity index is 649. The molecular weight excluding hydrogens is 305 g/mol. The van der Waals surface area contributed by atoms with Crippen LogP contribution >= 0.6 is 11.3 Å². The van der Waals surface area contributed by atoms with E-state index in [4.69, 9.17) is 4.74 Å². The fraction of sp³-hybridized carbons (Fsp3) is 0.467. The van der Waals surface area contributed by atoms with Crippen molar-refractivity contribution in [3.05, 3.63) is 39.9 Å². The van der Waals surface area contributed by atoms with E-state index in [2.05, 4.69) is 9.97 Å². The van der Waals surface area contributed by atoms with Gasteiger partial charge in [-0.15, -0.1) is 11.3 Å². The Labute approximate surface area is 132 Å². The number of carbonyl (C=O) groups is 1. The number of hydrogen-bond acceptors (Lipinski definition) is 4. The highest BCUT2D eigenvalue weighted by Crippen LogP contribution is 2.18. The van der Waals surface area contributed by atoms with Crippen LogP contribution in [0.2, 0.25) is 0 Å². The highest BCUT2D eigenvalue weighted by molar-refractivity contribution is 7.09. The van der Waals surface area contributed by atoms with Gasteiger partial charge in [0.15, 0.2) is 0 Å². The van der Waals surface area contributed by atoms with E-state index in [0.717, 1.165) is 30.2 Å². The molecule has 1 atom stereocenters. The lowest BCUT2D eigenvalue weighted by molar-refractivity contribution is 0.0503. The molecule has 0 aliphatic carbocycles. The standard InChI is InChI=1S/C15H18FN3O2S/c1-10-9-22-14(18-10)8-19(7-12-3-2-4-21-12)15(20)13-5-11(16)6-17-13/h5-6,9,12,17H,2-4,7-8H2,1H3. The molecule has 1 N–H and O–H groups in total. The molecule has 0 radical (unpaired) electrons. The highest BCUT2D eigenvalue weighted by atomic mass is 32.1. The number of ether oxygens (including phenoxy) is 1. The lowest BCUT2D eigenvalue weighted by Gasteiger charge is -2.24. The Morgan fingerprint density at radius 2 is 2.50 bits per heavy atom. The van der Waals surface area contributed by atoms with Crippen LogP contribution in [-0.4, -0.2) is 40.0 Å². The largest absolute Gasteiger partial charge is 0.376 e. The van der Waals surface area contributed by atoms with E-state index in [1.165, 1.54) is 23.6 Å². The molecule has 1 unspecified atom stereocenters. The van der Waals surface area contributed by atoms with Crippen LogP contribution in [0.1, 0.15) is 34.0 Å². The second-order valence-electron chi connectivity index (χ2n) is 5.43. The number of carbonyl (C=O) groups excluding carboxylic acids is 1. The van der Waals surface area contributed by atoms with E-state index in [1.807, 2.05) is 12.3 Å². The number of nitrogens with zero attached hydrogens (tertiary/aromatic N) is 2. The van der Waals surface area contributed by atoms with E-state index >= 15 is 0 Å². The van der Waals surface area contributed by atoms with Gasteiger partial charge in [-0.05, 0) is 19.8 Å². The lowest BCUT2D eigenvalue weighted by Crippen LogP contribution is -2.37. The number of rotatable bonds is 5. The van der Waals surface area contributed by atoms with Gasteiger partial charge in [-0.1, -0.05) is 0 Å². The van der Waals surface area contributed by atoms with Gasteiger partial charge in [0.2, 0.25) is 0 Å². The molecule has 0 bridgehead atoms. The van der Waals surface area contributed by atoms with Gasteiger partial charge in [-0.25, -0.2) is 9.37 Å². The van der Waals surface area contributed by atoms with Crippen molar-refractivity contribution in [3.8, 4) is 0 Å². The molecule has 2 aromatic rings. The first-order chi connectivity index (χ1) is 10.6. The van der Waals surface area contributed by atoms with Gasteiger partial charge < -0.3 is 14.6 Å². The Hall–Kier alpha value is -1.73. The topological polar surface area (TPSA) is 58.2 Å². The minimum atomic E-state index is -0.439. The smallest absolute Gasteiger partial charge is 0.270 e. The molecule has 0 aromatic carbocycles. The first-order valence-corrected chi connectivity index (χ1v) is 8.15. The SMILES string of the molecule is Cc1csc(CN(CC2CCCO2)C(=O)c2cc(F)c[nH]2)n1. The average Bonchev–Trinajstić information content (AvgIpc) is 3.21. The van der Waals surface area contributed by atoms with Crippen LogP contribution < -0.4 is 0 Å². The van der Waals surface area contributed by atoms with E-state index in [0.29, 0.717) is 13.1 Å². The second-order valence-corrected chi connectivity index (χ2v) is 6.38. The summed E-state index contributed by atoms with van der Waals surface area (Å²) in [4.78, 5) is 21.4. The van der Waals surface area contributed by atoms with Gasteiger partial charge in [0.1, 0.15) is 16.5 Å². The predicted octanol–water partition coefficient (Wildman–Crippen LogP) is 2.74. The Kier molecular flexibility index (Phi) is 4.54. The normalized spacial score (nSPS) is 17.8. The number of aromatic amines is 1. The fourth-order valence-electron chi connectivity index (χ4n) is 2.55. The molecule has 0 saturated carbocycles. The van der Waals surface area contributed by atoms with E-state index in [1.54, 1.807) is 4.90 Å². The van der Waals surface area contributed by atoms with Crippen molar-refractivity contribution < 1.29 is 13.9 Å². The second kappa shape index (κ2) is 6.58. The third kappa shape index (κ3) is 3.53. The van der Waals surface area contributed by atoms with Crippen molar-refractivity contribution in [2.75, 3.05) is 13.2 Å². The lowest BCUT2D eigenvalue weighted by atomic mass is 10.2. The summed E-state index contributed by atoms with van der Waals surface area (Å²) in [7, 11) is 0. The zero-order chi connectivity index (χ0) is 15.5. The summed E-state index contributed by atoms with van der Waals surface area (Å²) < 4.78 is 18.8. The first kappa shape index (κ1) is 15.2. The first-order valence-electron chi connectivity index (χ1n) is 7.27. The van der Waals surface area contributed by atoms with Crippen LogP contribution in [0.15, 0.2) is 17.6 Å². The maximum absolute atomic E-state index is 13.1. The van der Waals surface area contributed by atoms with Crippen molar-refractivity contribution in [1.82, 2.24) is 14.9 Å². The van der Waals surface area contributed by atoms with Crippen molar-refractivity contribution in [2.24, 2.45) is 0 Å². The maximum atomic E-state index is 13.1. The van der Waals surface area contributed by atoms with Crippen LogP contribution in [-0.2, 0) is 11.3 Å². The minimum absolute atomic E-state index is 0.0461. The summed E-state index contributed by atoms with van der Waals surface area (Å²) in [6, 6.07) is 1.22. The Balaban J connectivity index is 1.76. The summed E-state index contributed by atoms with van der Waals surface area (Å²) in [6.45, 7) is 3.57. The monoisotopic (exact) mass is 323 g/mol. The maximum Gasteiger partial charge on any atom is 0.270 e. The number of aryl methyl sites for hydroxylation is 1. The molecule has 0 spiro atoms. The quantitative estimate of drug-likeness (QED) is 0.920. The number of halogens is 1. The third-order valence-corrected chi connectivity index (χ3v) is 4.56. The highest BCUT2D eigenvalue weighted by Gasteiger charge is 2.25. The van der Waals surface area contributed by atoms with Crippen molar-refractivity contribution >= 4 is 17.2 Å². The van der Waals surface area contributed by atoms with Crippen LogP contribution in [0.5, 0.6) is 0 Å². The molecule has 1 amide bonds. The Morgan fingerprint density at radius 3 is 3.09 bits per heavy atom. The molecular formula is C15H18FN3O2S. The van der Waals surface area contributed by atoms with Gasteiger partial charge in [-0.3, -0.25) is 4.79 Å². The van der Waals surface area contributed by atoms with Gasteiger partial charge >= 0.3 is 0 Å². The van der Waals surface area contributed by atoms with Crippen LogP contribution in [0.3, 0.4) is 0 Å². The number of amides is 1.